The van der Waals surface area contributed by atoms with Crippen LogP contribution in [0.25, 0.3) is 111 Å². The third-order valence-electron chi connectivity index (χ3n) is 11.5. The largest absolute Gasteiger partial charge is 0.309 e. The van der Waals surface area contributed by atoms with Crippen LogP contribution in [-0.2, 0) is 0 Å². The lowest BCUT2D eigenvalue weighted by atomic mass is 10.0. The summed E-state index contributed by atoms with van der Waals surface area (Å²) < 4.78 is 4.87. The Labute approximate surface area is 333 Å². The highest BCUT2D eigenvalue weighted by molar-refractivity contribution is 6.29. The number of hydrogen-bond donors (Lipinski definition) is 0. The number of para-hydroxylation sites is 2. The third kappa shape index (κ3) is 5.00. The standard InChI is InChI=1S/C53H33N5/c1-3-15-35(16-4-1)51-54-52(36-17-5-2-6-18-36)56-53(55-51)39-27-29-41-38(32-39)20-13-25-44(41)58-46-24-12-10-22-43(46)50-48(58)31-30-47-49(50)42-21-9-11-23-45(42)57(47)40-28-26-34-14-7-8-19-37(34)33-40/h1-33H. The van der Waals surface area contributed by atoms with Crippen LogP contribution in [0.3, 0.4) is 0 Å². The van der Waals surface area contributed by atoms with E-state index >= 15 is 0 Å². The van der Waals surface area contributed by atoms with Crippen LogP contribution >= 0.6 is 0 Å². The topological polar surface area (TPSA) is 48.5 Å². The van der Waals surface area contributed by atoms with Crippen molar-refractivity contribution in [3.63, 3.8) is 0 Å². The van der Waals surface area contributed by atoms with Crippen molar-refractivity contribution in [1.82, 2.24) is 24.1 Å². The van der Waals surface area contributed by atoms with Crippen LogP contribution in [0.1, 0.15) is 0 Å². The Morgan fingerprint density at radius 1 is 0.293 bits per heavy atom. The SMILES string of the molecule is c1ccc(-c2nc(-c3ccccc3)nc(-c3ccc4c(-n5c6ccccc6c6c7c8ccccc8n(-c8ccc9ccccc9c8)c7ccc65)cccc4c3)n2)cc1. The molecule has 0 saturated heterocycles. The van der Waals surface area contributed by atoms with Crippen LogP contribution in [0.15, 0.2) is 200 Å². The Morgan fingerprint density at radius 3 is 1.50 bits per heavy atom. The summed E-state index contributed by atoms with van der Waals surface area (Å²) >= 11 is 0. The molecular weight excluding hydrogens is 707 g/mol. The van der Waals surface area contributed by atoms with Crippen LogP contribution in [0.4, 0.5) is 0 Å². The van der Waals surface area contributed by atoms with Gasteiger partial charge in [0.1, 0.15) is 0 Å². The lowest BCUT2D eigenvalue weighted by Crippen LogP contribution is -2.00. The maximum Gasteiger partial charge on any atom is 0.164 e. The van der Waals surface area contributed by atoms with Crippen molar-refractivity contribution in [3.05, 3.63) is 200 Å². The van der Waals surface area contributed by atoms with Crippen LogP contribution in [-0.4, -0.2) is 24.1 Å². The van der Waals surface area contributed by atoms with E-state index in [0.29, 0.717) is 17.5 Å². The molecule has 0 atom stereocenters. The minimum atomic E-state index is 0.641. The van der Waals surface area contributed by atoms with Crippen molar-refractivity contribution in [3.8, 4) is 45.5 Å². The fourth-order valence-corrected chi connectivity index (χ4v) is 8.91. The molecule has 0 bridgehead atoms. The summed E-state index contributed by atoms with van der Waals surface area (Å²) in [6, 6.07) is 71.0. The zero-order chi connectivity index (χ0) is 38.2. The smallest absolute Gasteiger partial charge is 0.164 e. The minimum absolute atomic E-state index is 0.641. The molecule has 58 heavy (non-hydrogen) atoms. The molecule has 9 aromatic carbocycles. The molecule has 5 heteroatoms. The van der Waals surface area contributed by atoms with E-state index in [9.17, 15) is 0 Å². The molecule has 0 aliphatic rings. The highest BCUT2D eigenvalue weighted by Crippen LogP contribution is 2.43. The fraction of sp³-hybridized carbons (Fsp3) is 0. The summed E-state index contributed by atoms with van der Waals surface area (Å²) in [7, 11) is 0. The summed E-state index contributed by atoms with van der Waals surface area (Å²) in [4.78, 5) is 15.0. The lowest BCUT2D eigenvalue weighted by Gasteiger charge is -2.13. The van der Waals surface area contributed by atoms with Crippen molar-refractivity contribution < 1.29 is 0 Å². The van der Waals surface area contributed by atoms with Gasteiger partial charge in [-0.15, -0.1) is 0 Å². The van der Waals surface area contributed by atoms with Gasteiger partial charge in [0.25, 0.3) is 0 Å². The molecule has 0 aliphatic carbocycles. The van der Waals surface area contributed by atoms with Crippen LogP contribution < -0.4 is 0 Å². The zero-order valence-corrected chi connectivity index (χ0v) is 31.3. The number of rotatable bonds is 5. The van der Waals surface area contributed by atoms with Gasteiger partial charge in [0, 0.05) is 49.3 Å². The molecular formula is C53H33N5. The van der Waals surface area contributed by atoms with Crippen molar-refractivity contribution in [2.24, 2.45) is 0 Å². The molecule has 0 saturated carbocycles. The van der Waals surface area contributed by atoms with E-state index in [1.165, 1.54) is 54.4 Å². The third-order valence-corrected chi connectivity index (χ3v) is 11.5. The highest BCUT2D eigenvalue weighted by Gasteiger charge is 2.21. The molecule has 0 radical (unpaired) electrons. The second-order valence-corrected chi connectivity index (χ2v) is 14.8. The van der Waals surface area contributed by atoms with E-state index in [1.807, 2.05) is 60.7 Å². The molecule has 0 amide bonds. The molecule has 12 rings (SSSR count). The molecule has 5 nitrogen and oxygen atoms in total. The first-order valence-corrected chi connectivity index (χ1v) is 19.6. The van der Waals surface area contributed by atoms with Crippen LogP contribution in [0.5, 0.6) is 0 Å². The first-order chi connectivity index (χ1) is 28.8. The minimum Gasteiger partial charge on any atom is -0.309 e. The molecule has 270 valence electrons. The van der Waals surface area contributed by atoms with E-state index in [-0.39, 0.29) is 0 Å². The molecule has 12 aromatic rings. The van der Waals surface area contributed by atoms with E-state index in [0.717, 1.165) is 38.8 Å². The maximum absolute atomic E-state index is 5.02. The summed E-state index contributed by atoms with van der Waals surface area (Å²) in [6.07, 6.45) is 0. The zero-order valence-electron chi connectivity index (χ0n) is 31.3. The Hall–Kier alpha value is -7.89. The number of hydrogen-bond acceptors (Lipinski definition) is 3. The summed E-state index contributed by atoms with van der Waals surface area (Å²) in [5.41, 5.74) is 9.84. The highest BCUT2D eigenvalue weighted by atomic mass is 15.0. The first kappa shape index (κ1) is 32.4. The summed E-state index contributed by atoms with van der Waals surface area (Å²) in [5.74, 6) is 1.94. The van der Waals surface area contributed by atoms with E-state index in [2.05, 4.69) is 149 Å². The number of aromatic nitrogens is 5. The van der Waals surface area contributed by atoms with Gasteiger partial charge in [-0.2, -0.15) is 0 Å². The molecule has 3 aromatic heterocycles. The second-order valence-electron chi connectivity index (χ2n) is 14.8. The quantitative estimate of drug-likeness (QED) is 0.177. The Balaban J connectivity index is 1.07. The summed E-state index contributed by atoms with van der Waals surface area (Å²) in [6.45, 7) is 0. The average Bonchev–Trinajstić information content (AvgIpc) is 3.82. The Morgan fingerprint density at radius 2 is 0.828 bits per heavy atom. The number of benzene rings is 9. The van der Waals surface area contributed by atoms with Gasteiger partial charge >= 0.3 is 0 Å². The average molecular weight is 740 g/mol. The van der Waals surface area contributed by atoms with Crippen molar-refractivity contribution in [1.29, 1.82) is 0 Å². The molecule has 0 N–H and O–H groups in total. The van der Waals surface area contributed by atoms with Crippen molar-refractivity contribution in [2.75, 3.05) is 0 Å². The van der Waals surface area contributed by atoms with Gasteiger partial charge in [0.15, 0.2) is 17.5 Å². The van der Waals surface area contributed by atoms with Gasteiger partial charge in [0.05, 0.1) is 27.8 Å². The fourth-order valence-electron chi connectivity index (χ4n) is 8.91. The van der Waals surface area contributed by atoms with Crippen molar-refractivity contribution >= 4 is 65.2 Å². The number of nitrogens with zero attached hydrogens (tertiary/aromatic N) is 5. The first-order valence-electron chi connectivity index (χ1n) is 19.6. The number of fused-ring (bicyclic) bond motifs is 9. The van der Waals surface area contributed by atoms with Gasteiger partial charge in [-0.3, -0.25) is 0 Å². The predicted octanol–water partition coefficient (Wildman–Crippen LogP) is 13.4. The Kier molecular flexibility index (Phi) is 7.16. The van der Waals surface area contributed by atoms with Gasteiger partial charge in [-0.05, 0) is 64.7 Å². The molecule has 0 spiro atoms. The predicted molar refractivity (Wildman–Crippen MR) is 240 cm³/mol. The second kappa shape index (κ2) is 12.8. The van der Waals surface area contributed by atoms with Gasteiger partial charge in [-0.25, -0.2) is 15.0 Å². The van der Waals surface area contributed by atoms with E-state index < -0.39 is 0 Å². The van der Waals surface area contributed by atoms with Gasteiger partial charge in [0.2, 0.25) is 0 Å². The van der Waals surface area contributed by atoms with Gasteiger partial charge < -0.3 is 9.13 Å². The molecule has 0 aliphatic heterocycles. The molecule has 0 fully saturated rings. The van der Waals surface area contributed by atoms with E-state index in [1.54, 1.807) is 0 Å². The maximum atomic E-state index is 5.02. The van der Waals surface area contributed by atoms with Crippen molar-refractivity contribution in [2.45, 2.75) is 0 Å². The van der Waals surface area contributed by atoms with Gasteiger partial charge in [-0.1, -0.05) is 152 Å². The van der Waals surface area contributed by atoms with Crippen LogP contribution in [0.2, 0.25) is 0 Å². The normalized spacial score (nSPS) is 11.8. The van der Waals surface area contributed by atoms with Crippen LogP contribution in [0, 0.1) is 0 Å². The lowest BCUT2D eigenvalue weighted by molar-refractivity contribution is 1.07. The Bertz CT molecular complexity index is 3510. The monoisotopic (exact) mass is 739 g/mol. The van der Waals surface area contributed by atoms with E-state index in [4.69, 9.17) is 15.0 Å². The molecule has 0 unspecified atom stereocenters. The summed E-state index contributed by atoms with van der Waals surface area (Å²) in [5, 5.41) is 9.70. The molecule has 3 heterocycles.